The van der Waals surface area contributed by atoms with E-state index in [-0.39, 0.29) is 33.8 Å². The third kappa shape index (κ3) is 4.72. The summed E-state index contributed by atoms with van der Waals surface area (Å²) >= 11 is 0. The van der Waals surface area contributed by atoms with Crippen molar-refractivity contribution in [2.45, 2.75) is 13.1 Å². The van der Waals surface area contributed by atoms with Crippen LogP contribution in [0.1, 0.15) is 32.0 Å². The van der Waals surface area contributed by atoms with E-state index in [1.807, 2.05) is 0 Å². The maximum Gasteiger partial charge on any atom is 0.416 e. The number of aryl methyl sites for hydroxylation is 1. The molecule has 0 spiro atoms. The molecule has 8 nitrogen and oxygen atoms in total. The highest BCUT2D eigenvalue weighted by Crippen LogP contribution is 2.33. The molecule has 3 rings (SSSR count). The molecule has 0 aliphatic rings. The highest BCUT2D eigenvalue weighted by atomic mass is 19.4. The molecule has 1 aromatic heterocycles. The van der Waals surface area contributed by atoms with E-state index in [0.29, 0.717) is 5.56 Å². The Balaban J connectivity index is 1.78. The summed E-state index contributed by atoms with van der Waals surface area (Å²) in [6.07, 6.45) is -3.40. The number of carbonyl (C=O) groups is 3. The molecule has 3 amide bonds. The molecule has 0 radical (unpaired) electrons. The van der Waals surface area contributed by atoms with Crippen LogP contribution in [0.2, 0.25) is 0 Å². The van der Waals surface area contributed by atoms with Crippen LogP contribution in [0, 0.1) is 6.92 Å². The minimum atomic E-state index is -4.55. The Bertz CT molecular complexity index is 1170. The van der Waals surface area contributed by atoms with Crippen LogP contribution in [0.4, 0.5) is 29.3 Å². The molecular formula is C21H17F3N4O4. The van der Waals surface area contributed by atoms with Crippen LogP contribution in [-0.2, 0) is 6.18 Å². The van der Waals surface area contributed by atoms with Gasteiger partial charge >= 0.3 is 18.2 Å². The molecule has 11 heteroatoms. The van der Waals surface area contributed by atoms with Gasteiger partial charge in [0.15, 0.2) is 0 Å². The number of benzene rings is 2. The normalized spacial score (nSPS) is 11.1. The van der Waals surface area contributed by atoms with Crippen molar-refractivity contribution in [1.29, 1.82) is 0 Å². The lowest BCUT2D eigenvalue weighted by Crippen LogP contribution is -2.20. The molecule has 1 heterocycles. The van der Waals surface area contributed by atoms with Crippen molar-refractivity contribution in [2.75, 3.05) is 10.6 Å². The number of hydrogen-bond acceptors (Lipinski definition) is 3. The number of aromatic carboxylic acids is 1. The van der Waals surface area contributed by atoms with Crippen molar-refractivity contribution in [1.82, 2.24) is 4.98 Å². The number of primary amides is 1. The highest BCUT2D eigenvalue weighted by Gasteiger charge is 2.32. The third-order valence-corrected chi connectivity index (χ3v) is 4.59. The average molecular weight is 446 g/mol. The van der Waals surface area contributed by atoms with Gasteiger partial charge in [-0.15, -0.1) is 0 Å². The fourth-order valence-electron chi connectivity index (χ4n) is 3.11. The van der Waals surface area contributed by atoms with Crippen LogP contribution in [-0.4, -0.2) is 28.0 Å². The molecule has 6 N–H and O–H groups in total. The number of rotatable bonds is 5. The lowest BCUT2D eigenvalue weighted by Gasteiger charge is -2.13. The molecule has 0 fully saturated rings. The van der Waals surface area contributed by atoms with E-state index in [1.54, 1.807) is 0 Å². The molecule has 3 aromatic rings. The van der Waals surface area contributed by atoms with Gasteiger partial charge in [0.05, 0.1) is 11.1 Å². The Morgan fingerprint density at radius 1 is 1.00 bits per heavy atom. The minimum absolute atomic E-state index is 0.0277. The number of alkyl halides is 3. The summed E-state index contributed by atoms with van der Waals surface area (Å²) in [5, 5.41) is 14.1. The van der Waals surface area contributed by atoms with Gasteiger partial charge in [0, 0.05) is 23.1 Å². The van der Waals surface area contributed by atoms with Crippen molar-refractivity contribution in [3.63, 3.8) is 0 Å². The number of H-pyrrole nitrogens is 1. The van der Waals surface area contributed by atoms with Gasteiger partial charge in [-0.3, -0.25) is 4.79 Å². The summed E-state index contributed by atoms with van der Waals surface area (Å²) in [5.41, 5.74) is 4.91. The number of carboxylic acid groups (broad SMARTS) is 1. The first-order valence-electron chi connectivity index (χ1n) is 9.08. The van der Waals surface area contributed by atoms with Crippen LogP contribution in [0.25, 0.3) is 11.1 Å². The maximum atomic E-state index is 13.0. The number of aromatic amines is 1. The zero-order chi connectivity index (χ0) is 23.6. The number of anilines is 2. The number of aromatic nitrogens is 1. The quantitative estimate of drug-likeness (QED) is 0.395. The Morgan fingerprint density at radius 2 is 1.59 bits per heavy atom. The Hall–Kier alpha value is -4.28. The monoisotopic (exact) mass is 446 g/mol. The second kappa shape index (κ2) is 8.46. The van der Waals surface area contributed by atoms with Gasteiger partial charge in [-0.2, -0.15) is 13.2 Å². The largest absolute Gasteiger partial charge is 0.478 e. The van der Waals surface area contributed by atoms with Crippen LogP contribution in [0.3, 0.4) is 0 Å². The van der Waals surface area contributed by atoms with Crippen molar-refractivity contribution < 1.29 is 32.7 Å². The predicted molar refractivity (Wildman–Crippen MR) is 111 cm³/mol. The number of halogens is 3. The van der Waals surface area contributed by atoms with E-state index in [9.17, 15) is 32.7 Å². The lowest BCUT2D eigenvalue weighted by molar-refractivity contribution is -0.138. The Labute approximate surface area is 179 Å². The van der Waals surface area contributed by atoms with Gasteiger partial charge in [0.25, 0.3) is 5.91 Å². The lowest BCUT2D eigenvalue weighted by atomic mass is 10.0. The summed E-state index contributed by atoms with van der Waals surface area (Å²) in [4.78, 5) is 37.7. The van der Waals surface area contributed by atoms with Crippen LogP contribution in [0.15, 0.2) is 48.7 Å². The Morgan fingerprint density at radius 3 is 2.16 bits per heavy atom. The second-order valence-corrected chi connectivity index (χ2v) is 6.81. The van der Waals surface area contributed by atoms with Crippen molar-refractivity contribution in [2.24, 2.45) is 5.73 Å². The fourth-order valence-corrected chi connectivity index (χ4v) is 3.11. The summed E-state index contributed by atoms with van der Waals surface area (Å²) in [5.74, 6) is -2.10. The van der Waals surface area contributed by atoms with Gasteiger partial charge in [-0.25, -0.2) is 9.59 Å². The maximum absolute atomic E-state index is 13.0. The van der Waals surface area contributed by atoms with Crippen LogP contribution >= 0.6 is 0 Å². The zero-order valence-electron chi connectivity index (χ0n) is 16.5. The van der Waals surface area contributed by atoms with Crippen molar-refractivity contribution >= 4 is 29.3 Å². The zero-order valence-corrected chi connectivity index (χ0v) is 16.5. The van der Waals surface area contributed by atoms with Crippen LogP contribution in [0.5, 0.6) is 0 Å². The topological polar surface area (TPSA) is 137 Å². The summed E-state index contributed by atoms with van der Waals surface area (Å²) in [7, 11) is 0. The molecule has 0 saturated carbocycles. The molecule has 2 aromatic carbocycles. The summed E-state index contributed by atoms with van der Waals surface area (Å²) in [6, 6.07) is 8.46. The minimum Gasteiger partial charge on any atom is -0.478 e. The number of carbonyl (C=O) groups excluding carboxylic acids is 2. The SMILES string of the molecule is Cc1ccc(NC(=O)Nc2ccc(-c3c(C(=O)O)c[nH]c3C(N)=O)cc2)cc1C(F)(F)F. The van der Waals surface area contributed by atoms with Gasteiger partial charge in [0.1, 0.15) is 5.69 Å². The van der Waals surface area contributed by atoms with Gasteiger partial charge < -0.3 is 26.5 Å². The number of carboxylic acids is 1. The number of urea groups is 1. The average Bonchev–Trinajstić information content (AvgIpc) is 3.15. The first-order valence-corrected chi connectivity index (χ1v) is 9.08. The molecule has 0 aliphatic heterocycles. The van der Waals surface area contributed by atoms with E-state index in [2.05, 4.69) is 15.6 Å². The van der Waals surface area contributed by atoms with E-state index >= 15 is 0 Å². The molecule has 166 valence electrons. The predicted octanol–water partition coefficient (Wildman–Crippen LogP) is 4.45. The number of amides is 3. The van der Waals surface area contributed by atoms with E-state index in [4.69, 9.17) is 5.73 Å². The standard InChI is InChI=1S/C21H17F3N4O4/c1-10-2-5-13(8-15(10)21(22,23)24)28-20(32)27-12-6-3-11(4-7-12)16-14(19(30)31)9-26-17(16)18(25)29/h2-9,26H,1H3,(H2,25,29)(H,30,31)(H2,27,28,32). The first kappa shape index (κ1) is 22.4. The van der Waals surface area contributed by atoms with Gasteiger partial charge in [-0.05, 0) is 42.3 Å². The van der Waals surface area contributed by atoms with Crippen LogP contribution < -0.4 is 16.4 Å². The molecule has 0 atom stereocenters. The molecule has 0 bridgehead atoms. The van der Waals surface area contributed by atoms with E-state index < -0.39 is 29.6 Å². The molecule has 32 heavy (non-hydrogen) atoms. The van der Waals surface area contributed by atoms with Gasteiger partial charge in [0.2, 0.25) is 0 Å². The van der Waals surface area contributed by atoms with Gasteiger partial charge in [-0.1, -0.05) is 18.2 Å². The first-order chi connectivity index (χ1) is 15.0. The van der Waals surface area contributed by atoms with Crippen molar-refractivity contribution in [3.8, 4) is 11.1 Å². The highest BCUT2D eigenvalue weighted by molar-refractivity contribution is 6.06. The number of nitrogens with two attached hydrogens (primary N) is 1. The number of hydrogen-bond donors (Lipinski definition) is 5. The second-order valence-electron chi connectivity index (χ2n) is 6.81. The summed E-state index contributed by atoms with van der Waals surface area (Å²) in [6.45, 7) is 1.32. The summed E-state index contributed by atoms with van der Waals surface area (Å²) < 4.78 is 39.1. The smallest absolute Gasteiger partial charge is 0.416 e. The molecule has 0 unspecified atom stereocenters. The molecular weight excluding hydrogens is 429 g/mol. The third-order valence-electron chi connectivity index (χ3n) is 4.59. The van der Waals surface area contributed by atoms with Crippen molar-refractivity contribution in [3.05, 3.63) is 71.0 Å². The molecule has 0 aliphatic carbocycles. The van der Waals surface area contributed by atoms with E-state index in [1.165, 1.54) is 43.3 Å². The molecule has 0 saturated heterocycles. The fraction of sp³-hybridized carbons (Fsp3) is 0.0952. The van der Waals surface area contributed by atoms with E-state index in [0.717, 1.165) is 12.3 Å². The Kier molecular flexibility index (Phi) is 5.92. The number of nitrogens with one attached hydrogen (secondary N) is 3.